The Kier molecular flexibility index (Phi) is 3.85. The van der Waals surface area contributed by atoms with E-state index in [0.29, 0.717) is 0 Å². The van der Waals surface area contributed by atoms with Gasteiger partial charge in [-0.3, -0.25) is 0 Å². The molecule has 0 fully saturated rings. The van der Waals surface area contributed by atoms with Gasteiger partial charge in [0.15, 0.2) is 4.84 Å². The Hall–Kier alpha value is 1.16. The summed E-state index contributed by atoms with van der Waals surface area (Å²) in [6, 6.07) is 0. The van der Waals surface area contributed by atoms with Crippen molar-refractivity contribution in [2.45, 2.75) is 10.8 Å². The summed E-state index contributed by atoms with van der Waals surface area (Å²) in [6.45, 7) is 3.35. The van der Waals surface area contributed by atoms with Crippen molar-refractivity contribution in [3.05, 3.63) is 11.8 Å². The highest BCUT2D eigenvalue weighted by Crippen LogP contribution is 2.32. The lowest BCUT2D eigenvalue weighted by Crippen LogP contribution is -2.06. The van der Waals surface area contributed by atoms with Gasteiger partial charge in [-0.25, -0.2) is 0 Å². The van der Waals surface area contributed by atoms with Gasteiger partial charge in [-0.05, 0) is 6.92 Å². The van der Waals surface area contributed by atoms with E-state index < -0.39 is 4.33 Å². The molecule has 0 saturated heterocycles. The Morgan fingerprint density at radius 1 is 1.38 bits per heavy atom. The summed E-state index contributed by atoms with van der Waals surface area (Å²) in [5.74, 6) is 0. The molecule has 0 aliphatic heterocycles. The van der Waals surface area contributed by atoms with Gasteiger partial charge in [0.2, 0.25) is 0 Å². The van der Waals surface area contributed by atoms with Crippen molar-refractivity contribution in [2.24, 2.45) is 0 Å². The van der Waals surface area contributed by atoms with Crippen LogP contribution in [0.4, 0.5) is 0 Å². The van der Waals surface area contributed by atoms with E-state index in [1.165, 1.54) is 0 Å². The van der Waals surface area contributed by atoms with Gasteiger partial charge in [-0.2, -0.15) is 0 Å². The molecule has 0 rings (SSSR count). The molecule has 0 aromatic heterocycles. The van der Waals surface area contributed by atoms with E-state index in [-0.39, 0.29) is 11.3 Å². The van der Waals surface area contributed by atoms with Crippen molar-refractivity contribution in [2.75, 3.05) is 0 Å². The van der Waals surface area contributed by atoms with Crippen LogP contribution in [-0.2, 0) is 0 Å². The average Bonchev–Trinajstić information content (AvgIpc) is 1.21. The maximum absolute atomic E-state index is 5.39. The van der Waals surface area contributed by atoms with E-state index in [1.54, 1.807) is 0 Å². The second-order valence-electron chi connectivity index (χ2n) is 1.37. The molecule has 0 amide bonds. The van der Waals surface area contributed by atoms with Gasteiger partial charge in [0, 0.05) is 6.42 Å². The summed E-state index contributed by atoms with van der Waals surface area (Å²) < 4.78 is -1.08. The Balaban J connectivity index is 3.39. The van der Waals surface area contributed by atoms with Gasteiger partial charge in [0.25, 0.3) is 0 Å². The molecule has 4 heteroatoms. The molecule has 48 valence electrons. The average molecular weight is 194 g/mol. The number of hydrogen-bond acceptors (Lipinski definition) is 0. The third kappa shape index (κ3) is 7.16. The summed E-state index contributed by atoms with van der Waals surface area (Å²) in [7, 11) is 0. The maximum Gasteiger partial charge on any atom is 0.153 e. The fourth-order valence-electron chi connectivity index (χ4n) is 0.196. The summed E-state index contributed by atoms with van der Waals surface area (Å²) in [5.41, 5.74) is 0. The van der Waals surface area contributed by atoms with Crippen LogP contribution in [0.25, 0.3) is 0 Å². The number of rotatable bonds is 2. The fourth-order valence-corrected chi connectivity index (χ4v) is 1.19. The Morgan fingerprint density at radius 3 is 1.75 bits per heavy atom. The summed E-state index contributed by atoms with van der Waals surface area (Å²) in [4.78, 5) is 0.144. The van der Waals surface area contributed by atoms with E-state index in [9.17, 15) is 0 Å². The van der Waals surface area contributed by atoms with Gasteiger partial charge in [-0.15, -0.1) is 23.2 Å². The van der Waals surface area contributed by atoms with Crippen LogP contribution in [0.15, 0.2) is 0 Å². The third-order valence-electron chi connectivity index (χ3n) is 0.392. The van der Waals surface area contributed by atoms with Crippen molar-refractivity contribution >= 4 is 46.4 Å². The molecule has 8 heavy (non-hydrogen) atoms. The van der Waals surface area contributed by atoms with Crippen molar-refractivity contribution in [1.29, 1.82) is 0 Å². The van der Waals surface area contributed by atoms with Crippen molar-refractivity contribution in [3.63, 3.8) is 0 Å². The molecule has 0 atom stereocenters. The molecule has 0 nitrogen and oxygen atoms in total. The first-order valence-electron chi connectivity index (χ1n) is 1.82. The first-order valence-corrected chi connectivity index (χ1v) is 3.33. The largest absolute Gasteiger partial charge is 0.153 e. The first kappa shape index (κ1) is 9.16. The predicted molar refractivity (Wildman–Crippen MR) is 39.4 cm³/mol. The van der Waals surface area contributed by atoms with Crippen LogP contribution < -0.4 is 0 Å². The summed E-state index contributed by atoms with van der Waals surface area (Å²) in [6.07, 6.45) is 0.194. The first-order chi connectivity index (χ1) is 3.42. The zero-order valence-electron chi connectivity index (χ0n) is 3.93. The molecule has 0 heterocycles. The van der Waals surface area contributed by atoms with Gasteiger partial charge < -0.3 is 0 Å². The molecule has 0 aliphatic rings. The third-order valence-corrected chi connectivity index (χ3v) is 0.927. The summed E-state index contributed by atoms with van der Waals surface area (Å²) >= 11 is 21.3. The minimum atomic E-state index is -1.08. The highest BCUT2D eigenvalue weighted by Gasteiger charge is 2.20. The van der Waals surface area contributed by atoms with Crippen LogP contribution in [-0.4, -0.2) is 4.33 Å². The SMILES string of the molecule is [CH2]C(Cl)(Cl)C[C](Cl)Cl. The van der Waals surface area contributed by atoms with Gasteiger partial charge in [0.05, 0.1) is 0 Å². The lowest BCUT2D eigenvalue weighted by molar-refractivity contribution is 0.935. The number of halogens is 4. The molecule has 0 aliphatic carbocycles. The molecule has 0 N–H and O–H groups in total. The molecule has 0 unspecified atom stereocenters. The van der Waals surface area contributed by atoms with Crippen LogP contribution in [0.5, 0.6) is 0 Å². The topological polar surface area (TPSA) is 0 Å². The minimum absolute atomic E-state index is 0.144. The summed E-state index contributed by atoms with van der Waals surface area (Å²) in [5, 5.41) is 0. The van der Waals surface area contributed by atoms with E-state index in [0.717, 1.165) is 0 Å². The van der Waals surface area contributed by atoms with Crippen molar-refractivity contribution in [1.82, 2.24) is 0 Å². The molecule has 0 aromatic rings. The zero-order chi connectivity index (χ0) is 6.78. The van der Waals surface area contributed by atoms with Crippen LogP contribution in [0.2, 0.25) is 0 Å². The van der Waals surface area contributed by atoms with E-state index in [2.05, 4.69) is 6.92 Å². The number of alkyl halides is 2. The molecule has 0 aromatic carbocycles. The normalized spacial score (nSPS) is 12.8. The predicted octanol–water partition coefficient (Wildman–Crippen LogP) is 3.35. The van der Waals surface area contributed by atoms with E-state index >= 15 is 0 Å². The zero-order valence-corrected chi connectivity index (χ0v) is 6.95. The highest BCUT2D eigenvalue weighted by molar-refractivity contribution is 6.55. The second kappa shape index (κ2) is 3.36. The van der Waals surface area contributed by atoms with Crippen LogP contribution >= 0.6 is 46.4 Å². The molecule has 0 spiro atoms. The van der Waals surface area contributed by atoms with Crippen LogP contribution in [0.3, 0.4) is 0 Å². The highest BCUT2D eigenvalue weighted by atomic mass is 35.5. The molecular formula is C4H4Cl4. The van der Waals surface area contributed by atoms with Gasteiger partial charge in [-0.1, -0.05) is 23.2 Å². The number of hydrogen-bond donors (Lipinski definition) is 0. The monoisotopic (exact) mass is 192 g/mol. The lowest BCUT2D eigenvalue weighted by Gasteiger charge is -2.10. The molecule has 0 saturated carbocycles. The standard InChI is InChI=1S/C4H4Cl4/c1-4(7,8)2-3(5)6/h1-2H2. The second-order valence-corrected chi connectivity index (χ2v) is 4.12. The van der Waals surface area contributed by atoms with Gasteiger partial charge >= 0.3 is 0 Å². The van der Waals surface area contributed by atoms with Crippen molar-refractivity contribution in [3.8, 4) is 0 Å². The van der Waals surface area contributed by atoms with Crippen LogP contribution in [0, 0.1) is 11.8 Å². The quantitative estimate of drug-likeness (QED) is 0.591. The Labute approximate surface area is 69.0 Å². The van der Waals surface area contributed by atoms with E-state index in [4.69, 9.17) is 46.4 Å². The van der Waals surface area contributed by atoms with Crippen molar-refractivity contribution < 1.29 is 0 Å². The van der Waals surface area contributed by atoms with Gasteiger partial charge in [0.1, 0.15) is 4.33 Å². The Bertz CT molecular complexity index is 62.9. The van der Waals surface area contributed by atoms with E-state index in [1.807, 2.05) is 0 Å². The molecular weight excluding hydrogens is 190 g/mol. The van der Waals surface area contributed by atoms with Crippen LogP contribution in [0.1, 0.15) is 6.42 Å². The minimum Gasteiger partial charge on any atom is -0.102 e. The lowest BCUT2D eigenvalue weighted by atomic mass is 10.4. The molecule has 2 radical (unpaired) electrons. The Morgan fingerprint density at radius 2 is 1.75 bits per heavy atom. The fraction of sp³-hybridized carbons (Fsp3) is 0.500. The molecule has 0 bridgehead atoms. The maximum atomic E-state index is 5.39. The smallest absolute Gasteiger partial charge is 0.102 e.